The third kappa shape index (κ3) is 2.62. The van der Waals surface area contributed by atoms with E-state index in [1.807, 2.05) is 28.8 Å². The molecule has 1 aromatic carbocycles. The lowest BCUT2D eigenvalue weighted by Gasteiger charge is -1.97. The van der Waals surface area contributed by atoms with Crippen molar-refractivity contribution in [3.63, 3.8) is 0 Å². The molecule has 0 unspecified atom stereocenters. The van der Waals surface area contributed by atoms with Crippen molar-refractivity contribution in [2.24, 2.45) is 0 Å². The van der Waals surface area contributed by atoms with Gasteiger partial charge in [0.1, 0.15) is 5.01 Å². The van der Waals surface area contributed by atoms with Crippen LogP contribution >= 0.6 is 22.9 Å². The molecule has 3 aromatic rings. The summed E-state index contributed by atoms with van der Waals surface area (Å²) in [6, 6.07) is 7.86. The average Bonchev–Trinajstić information content (AvgIpc) is 2.94. The van der Waals surface area contributed by atoms with E-state index in [1.54, 1.807) is 11.3 Å². The lowest BCUT2D eigenvalue weighted by atomic mass is 10.2. The van der Waals surface area contributed by atoms with E-state index in [-0.39, 0.29) is 0 Å². The molecule has 0 bridgehead atoms. The number of fused-ring (bicyclic) bond motifs is 1. The van der Waals surface area contributed by atoms with Crippen LogP contribution in [0, 0.1) is 0 Å². The van der Waals surface area contributed by atoms with Crippen molar-refractivity contribution in [1.82, 2.24) is 19.8 Å². The molecule has 3 rings (SSSR count). The van der Waals surface area contributed by atoms with E-state index >= 15 is 0 Å². The summed E-state index contributed by atoms with van der Waals surface area (Å²) in [6.07, 6.45) is 2.76. The van der Waals surface area contributed by atoms with Crippen molar-refractivity contribution in [2.45, 2.75) is 26.2 Å². The Kier molecular flexibility index (Phi) is 3.48. The maximum Gasteiger partial charge on any atom is 0.234 e. The van der Waals surface area contributed by atoms with Gasteiger partial charge in [-0.3, -0.25) is 0 Å². The van der Waals surface area contributed by atoms with Crippen LogP contribution < -0.4 is 0 Å². The summed E-state index contributed by atoms with van der Waals surface area (Å²) in [4.78, 5) is 0.868. The first-order valence-corrected chi connectivity index (χ1v) is 7.40. The number of halogens is 1. The second kappa shape index (κ2) is 5.27. The van der Waals surface area contributed by atoms with Gasteiger partial charge in [-0.15, -0.1) is 10.2 Å². The summed E-state index contributed by atoms with van der Waals surface area (Å²) in [5.74, 6) is 0.941. The zero-order valence-electron chi connectivity index (χ0n) is 10.5. The van der Waals surface area contributed by atoms with Gasteiger partial charge in [0, 0.05) is 17.9 Å². The Morgan fingerprint density at radius 2 is 2.00 bits per heavy atom. The van der Waals surface area contributed by atoms with E-state index < -0.39 is 0 Å². The summed E-state index contributed by atoms with van der Waals surface area (Å²) in [6.45, 7) is 2.13. The van der Waals surface area contributed by atoms with Gasteiger partial charge in [-0.1, -0.05) is 42.0 Å². The highest BCUT2D eigenvalue weighted by Gasteiger charge is 2.11. The Morgan fingerprint density at radius 3 is 2.74 bits per heavy atom. The minimum atomic E-state index is 0.757. The monoisotopic (exact) mass is 292 g/mol. The molecule has 0 aliphatic heterocycles. The van der Waals surface area contributed by atoms with Gasteiger partial charge < -0.3 is 0 Å². The zero-order valence-corrected chi connectivity index (χ0v) is 12.1. The van der Waals surface area contributed by atoms with Crippen LogP contribution in [0.15, 0.2) is 24.3 Å². The molecule has 0 aliphatic carbocycles. The van der Waals surface area contributed by atoms with Crippen LogP contribution in [-0.2, 0) is 12.8 Å². The summed E-state index contributed by atoms with van der Waals surface area (Å²) in [5, 5.41) is 14.7. The van der Waals surface area contributed by atoms with Crippen molar-refractivity contribution >= 4 is 27.9 Å². The van der Waals surface area contributed by atoms with E-state index in [2.05, 4.69) is 22.2 Å². The fourth-order valence-corrected chi connectivity index (χ4v) is 2.94. The zero-order chi connectivity index (χ0) is 13.2. The fraction of sp³-hybridized carbons (Fsp3) is 0.308. The number of aryl methyl sites for hydroxylation is 1. The maximum atomic E-state index is 5.88. The van der Waals surface area contributed by atoms with Crippen LogP contribution in [0.2, 0.25) is 5.02 Å². The van der Waals surface area contributed by atoms with Crippen LogP contribution in [0.25, 0.3) is 4.96 Å². The predicted molar refractivity (Wildman–Crippen MR) is 76.9 cm³/mol. The Hall–Kier alpha value is -1.46. The van der Waals surface area contributed by atoms with Gasteiger partial charge in [-0.05, 0) is 24.1 Å². The first-order chi connectivity index (χ1) is 9.26. The summed E-state index contributed by atoms with van der Waals surface area (Å²) >= 11 is 7.47. The molecule has 0 N–H and O–H groups in total. The Morgan fingerprint density at radius 1 is 1.21 bits per heavy atom. The molecule has 19 heavy (non-hydrogen) atoms. The quantitative estimate of drug-likeness (QED) is 0.740. The molecule has 0 radical (unpaired) electrons. The van der Waals surface area contributed by atoms with E-state index in [4.69, 9.17) is 11.6 Å². The molecular formula is C13H13ClN4S. The fourth-order valence-electron chi connectivity index (χ4n) is 1.92. The Labute approximate surface area is 120 Å². The molecule has 0 amide bonds. The molecule has 2 aromatic heterocycles. The number of hydrogen-bond acceptors (Lipinski definition) is 4. The largest absolute Gasteiger partial charge is 0.234 e. The van der Waals surface area contributed by atoms with Crippen LogP contribution in [-0.4, -0.2) is 19.8 Å². The van der Waals surface area contributed by atoms with Crippen LogP contribution in [0.5, 0.6) is 0 Å². The molecule has 0 saturated carbocycles. The lowest BCUT2D eigenvalue weighted by molar-refractivity contribution is 0.767. The van der Waals surface area contributed by atoms with Crippen molar-refractivity contribution in [3.8, 4) is 0 Å². The summed E-state index contributed by atoms with van der Waals surface area (Å²) in [5.41, 5.74) is 1.20. The van der Waals surface area contributed by atoms with Gasteiger partial charge in [-0.25, -0.2) is 0 Å². The van der Waals surface area contributed by atoms with E-state index in [0.717, 1.165) is 40.1 Å². The molecule has 0 saturated heterocycles. The van der Waals surface area contributed by atoms with Gasteiger partial charge in [0.25, 0.3) is 0 Å². The van der Waals surface area contributed by atoms with Gasteiger partial charge >= 0.3 is 0 Å². The third-order valence-electron chi connectivity index (χ3n) is 2.84. The Bertz CT molecular complexity index is 686. The van der Waals surface area contributed by atoms with Gasteiger partial charge in [0.2, 0.25) is 4.96 Å². The highest BCUT2D eigenvalue weighted by atomic mass is 35.5. The molecule has 4 nitrogen and oxygen atoms in total. The molecule has 0 fully saturated rings. The molecular weight excluding hydrogens is 280 g/mol. The third-order valence-corrected chi connectivity index (χ3v) is 3.99. The van der Waals surface area contributed by atoms with Gasteiger partial charge in [-0.2, -0.15) is 9.61 Å². The van der Waals surface area contributed by atoms with Crippen molar-refractivity contribution in [3.05, 3.63) is 45.7 Å². The molecule has 0 atom stereocenters. The van der Waals surface area contributed by atoms with Crippen molar-refractivity contribution in [1.29, 1.82) is 0 Å². The molecule has 6 heteroatoms. The van der Waals surface area contributed by atoms with E-state index in [1.165, 1.54) is 5.56 Å². The average molecular weight is 293 g/mol. The highest BCUT2D eigenvalue weighted by Crippen LogP contribution is 2.19. The summed E-state index contributed by atoms with van der Waals surface area (Å²) in [7, 11) is 0. The number of hydrogen-bond donors (Lipinski definition) is 0. The number of benzene rings is 1. The first-order valence-electron chi connectivity index (χ1n) is 6.20. The van der Waals surface area contributed by atoms with E-state index in [0.29, 0.717) is 0 Å². The minimum Gasteiger partial charge on any atom is -0.187 e. The van der Waals surface area contributed by atoms with Crippen LogP contribution in [0.4, 0.5) is 0 Å². The smallest absolute Gasteiger partial charge is 0.187 e. The molecule has 0 aliphatic rings. The molecule has 2 heterocycles. The standard InChI is InChI=1S/C13H13ClN4S/c1-2-3-11-15-16-13-18(11)17-12(19-13)8-9-4-6-10(14)7-5-9/h4-7H,2-3,8H2,1H3. The van der Waals surface area contributed by atoms with Gasteiger partial charge in [0.15, 0.2) is 5.82 Å². The second-order valence-electron chi connectivity index (χ2n) is 4.36. The molecule has 98 valence electrons. The van der Waals surface area contributed by atoms with Crippen molar-refractivity contribution in [2.75, 3.05) is 0 Å². The van der Waals surface area contributed by atoms with Gasteiger partial charge in [0.05, 0.1) is 0 Å². The Balaban J connectivity index is 1.87. The van der Waals surface area contributed by atoms with Crippen LogP contribution in [0.1, 0.15) is 29.7 Å². The topological polar surface area (TPSA) is 43.1 Å². The lowest BCUT2D eigenvalue weighted by Crippen LogP contribution is -1.96. The maximum absolute atomic E-state index is 5.88. The highest BCUT2D eigenvalue weighted by molar-refractivity contribution is 7.16. The number of rotatable bonds is 4. The normalized spacial score (nSPS) is 11.3. The first kappa shape index (κ1) is 12.6. The second-order valence-corrected chi connectivity index (χ2v) is 5.84. The predicted octanol–water partition coefficient (Wildman–Crippen LogP) is 3.38. The number of aromatic nitrogens is 4. The minimum absolute atomic E-state index is 0.757. The molecule has 0 spiro atoms. The summed E-state index contributed by atoms with van der Waals surface area (Å²) < 4.78 is 1.86. The van der Waals surface area contributed by atoms with Crippen molar-refractivity contribution < 1.29 is 0 Å². The number of nitrogens with zero attached hydrogens (tertiary/aromatic N) is 4. The van der Waals surface area contributed by atoms with E-state index in [9.17, 15) is 0 Å². The SMILES string of the molecule is CCCc1nnc2sc(Cc3ccc(Cl)cc3)nn12. The van der Waals surface area contributed by atoms with Crippen LogP contribution in [0.3, 0.4) is 0 Å².